The first-order valence-electron chi connectivity index (χ1n) is 3.39. The molecule has 0 unspecified atom stereocenters. The molecule has 0 fully saturated rings. The van der Waals surface area contributed by atoms with Crippen molar-refractivity contribution in [3.05, 3.63) is 17.7 Å². The highest BCUT2D eigenvalue weighted by Crippen LogP contribution is 2.03. The number of hydrogen-bond acceptors (Lipinski definition) is 3. The maximum atomic E-state index is 10.5. The minimum Gasteiger partial charge on any atom is -0.475 e. The summed E-state index contributed by atoms with van der Waals surface area (Å²) in [6.45, 7) is 0.372. The van der Waals surface area contributed by atoms with Crippen LogP contribution in [0.2, 0.25) is 0 Å². The van der Waals surface area contributed by atoms with Crippen molar-refractivity contribution in [2.45, 2.75) is 6.61 Å². The fourth-order valence-corrected chi connectivity index (χ4v) is 0.926. The number of ether oxygens (including phenoxy) is 1. The van der Waals surface area contributed by atoms with Crippen LogP contribution in [0.25, 0.3) is 0 Å². The minimum atomic E-state index is -1.03. The molecule has 0 aliphatic carbocycles. The fourth-order valence-electron chi connectivity index (χ4n) is 0.926. The molecule has 1 N–H and O–H groups in total. The van der Waals surface area contributed by atoms with E-state index in [-0.39, 0.29) is 5.82 Å². The zero-order valence-corrected chi connectivity index (χ0v) is 6.94. The number of rotatable bonds is 3. The van der Waals surface area contributed by atoms with E-state index >= 15 is 0 Å². The third kappa shape index (κ3) is 1.45. The van der Waals surface area contributed by atoms with Crippen LogP contribution in [-0.2, 0) is 18.4 Å². The van der Waals surface area contributed by atoms with E-state index < -0.39 is 5.97 Å². The summed E-state index contributed by atoms with van der Waals surface area (Å²) in [5, 5.41) is 8.62. The Morgan fingerprint density at radius 1 is 1.83 bits per heavy atom. The normalized spacial score (nSPS) is 10.2. The van der Waals surface area contributed by atoms with Gasteiger partial charge in [0.1, 0.15) is 0 Å². The molecule has 1 aromatic heterocycles. The van der Waals surface area contributed by atoms with Gasteiger partial charge in [-0.3, -0.25) is 0 Å². The molecule has 0 aromatic carbocycles. The van der Waals surface area contributed by atoms with Gasteiger partial charge in [-0.1, -0.05) is 0 Å². The van der Waals surface area contributed by atoms with Crippen LogP contribution in [0.1, 0.15) is 16.3 Å². The summed E-state index contributed by atoms with van der Waals surface area (Å²) in [5.74, 6) is -0.998. The molecule has 1 heterocycles. The predicted octanol–water partition coefficient (Wildman–Crippen LogP) is 0.265. The standard InChI is InChI=1S/C7H10N2O3/c1-9-5(4-12-2)3-8-6(9)7(10)11/h3H,4H2,1-2H3,(H,10,11). The Bertz CT molecular complexity index is 293. The van der Waals surface area contributed by atoms with Crippen LogP contribution in [0, 0.1) is 0 Å². The lowest BCUT2D eigenvalue weighted by molar-refractivity contribution is 0.0678. The highest BCUT2D eigenvalue weighted by atomic mass is 16.5. The number of carboxylic acids is 1. The van der Waals surface area contributed by atoms with Crippen molar-refractivity contribution < 1.29 is 14.6 Å². The van der Waals surface area contributed by atoms with Crippen LogP contribution in [0.15, 0.2) is 6.20 Å². The van der Waals surface area contributed by atoms with Crippen LogP contribution >= 0.6 is 0 Å². The SMILES string of the molecule is COCc1cnc(C(=O)O)n1C. The molecule has 0 aliphatic heterocycles. The largest absolute Gasteiger partial charge is 0.475 e. The van der Waals surface area contributed by atoms with E-state index in [9.17, 15) is 4.79 Å². The summed E-state index contributed by atoms with van der Waals surface area (Å²) < 4.78 is 6.34. The van der Waals surface area contributed by atoms with Crippen molar-refractivity contribution in [2.75, 3.05) is 7.11 Å². The van der Waals surface area contributed by atoms with Crippen LogP contribution in [0.4, 0.5) is 0 Å². The van der Waals surface area contributed by atoms with Crippen LogP contribution in [0.5, 0.6) is 0 Å². The van der Waals surface area contributed by atoms with E-state index in [1.165, 1.54) is 10.8 Å². The molecule has 5 nitrogen and oxygen atoms in total. The molecular formula is C7H10N2O3. The van der Waals surface area contributed by atoms with Crippen molar-refractivity contribution in [3.63, 3.8) is 0 Å². The quantitative estimate of drug-likeness (QED) is 0.706. The number of carbonyl (C=O) groups is 1. The monoisotopic (exact) mass is 170 g/mol. The second-order valence-electron chi connectivity index (χ2n) is 2.37. The Morgan fingerprint density at radius 3 is 2.92 bits per heavy atom. The molecule has 0 spiro atoms. The van der Waals surface area contributed by atoms with Crippen LogP contribution in [-0.4, -0.2) is 27.7 Å². The average Bonchev–Trinajstić information content (AvgIpc) is 2.34. The molecular weight excluding hydrogens is 160 g/mol. The van der Waals surface area contributed by atoms with Gasteiger partial charge < -0.3 is 14.4 Å². The van der Waals surface area contributed by atoms with E-state index in [1.807, 2.05) is 0 Å². The minimum absolute atomic E-state index is 0.0297. The number of aromatic carboxylic acids is 1. The summed E-state index contributed by atoms with van der Waals surface area (Å²) in [6, 6.07) is 0. The highest BCUT2D eigenvalue weighted by Gasteiger charge is 2.11. The molecule has 0 bridgehead atoms. The van der Waals surface area contributed by atoms with Crippen LogP contribution < -0.4 is 0 Å². The first kappa shape index (κ1) is 8.73. The maximum absolute atomic E-state index is 10.5. The van der Waals surface area contributed by atoms with Crippen molar-refractivity contribution in [1.82, 2.24) is 9.55 Å². The zero-order valence-electron chi connectivity index (χ0n) is 6.94. The molecule has 1 rings (SSSR count). The topological polar surface area (TPSA) is 64.3 Å². The average molecular weight is 170 g/mol. The first-order chi connectivity index (χ1) is 5.66. The summed E-state index contributed by atoms with van der Waals surface area (Å²) in [6.07, 6.45) is 1.49. The molecule has 0 aliphatic rings. The smallest absolute Gasteiger partial charge is 0.372 e. The maximum Gasteiger partial charge on any atom is 0.372 e. The second-order valence-corrected chi connectivity index (χ2v) is 2.37. The summed E-state index contributed by atoms with van der Waals surface area (Å²) in [7, 11) is 3.19. The molecule has 12 heavy (non-hydrogen) atoms. The van der Waals surface area contributed by atoms with Gasteiger partial charge >= 0.3 is 5.97 Å². The third-order valence-electron chi connectivity index (χ3n) is 1.57. The van der Waals surface area contributed by atoms with Gasteiger partial charge in [-0.25, -0.2) is 9.78 Å². The number of methoxy groups -OCH3 is 1. The number of aromatic nitrogens is 2. The van der Waals surface area contributed by atoms with Gasteiger partial charge in [-0.05, 0) is 0 Å². The van der Waals surface area contributed by atoms with Crippen molar-refractivity contribution in [2.24, 2.45) is 7.05 Å². The summed E-state index contributed by atoms with van der Waals surface area (Å²) in [5.41, 5.74) is 0.745. The van der Waals surface area contributed by atoms with E-state index in [1.54, 1.807) is 14.2 Å². The van der Waals surface area contributed by atoms with Crippen molar-refractivity contribution in [3.8, 4) is 0 Å². The number of imidazole rings is 1. The second kappa shape index (κ2) is 3.36. The molecule has 0 saturated heterocycles. The predicted molar refractivity (Wildman–Crippen MR) is 40.9 cm³/mol. The number of carboxylic acid groups (broad SMARTS) is 1. The molecule has 0 saturated carbocycles. The Kier molecular flexibility index (Phi) is 2.44. The van der Waals surface area contributed by atoms with Gasteiger partial charge in [0.2, 0.25) is 5.82 Å². The Hall–Kier alpha value is -1.36. The van der Waals surface area contributed by atoms with E-state index in [4.69, 9.17) is 9.84 Å². The van der Waals surface area contributed by atoms with Gasteiger partial charge in [0.25, 0.3) is 0 Å². The lowest BCUT2D eigenvalue weighted by atomic mass is 10.5. The number of hydrogen-bond donors (Lipinski definition) is 1. The molecule has 0 amide bonds. The molecule has 5 heteroatoms. The van der Waals surface area contributed by atoms with Crippen molar-refractivity contribution >= 4 is 5.97 Å². The van der Waals surface area contributed by atoms with Crippen LogP contribution in [0.3, 0.4) is 0 Å². The lowest BCUT2D eigenvalue weighted by Gasteiger charge is -2.00. The van der Waals surface area contributed by atoms with Gasteiger partial charge in [-0.15, -0.1) is 0 Å². The summed E-state index contributed by atoms with van der Waals surface area (Å²) in [4.78, 5) is 14.2. The molecule has 1 aromatic rings. The molecule has 0 radical (unpaired) electrons. The highest BCUT2D eigenvalue weighted by molar-refractivity contribution is 5.83. The summed E-state index contributed by atoms with van der Waals surface area (Å²) >= 11 is 0. The van der Waals surface area contributed by atoms with E-state index in [0.29, 0.717) is 6.61 Å². The van der Waals surface area contributed by atoms with Crippen molar-refractivity contribution in [1.29, 1.82) is 0 Å². The van der Waals surface area contributed by atoms with E-state index in [0.717, 1.165) is 5.69 Å². The van der Waals surface area contributed by atoms with Gasteiger partial charge in [0.15, 0.2) is 0 Å². The Balaban J connectivity index is 2.96. The van der Waals surface area contributed by atoms with Gasteiger partial charge in [0, 0.05) is 14.2 Å². The Morgan fingerprint density at radius 2 is 2.50 bits per heavy atom. The van der Waals surface area contributed by atoms with Gasteiger partial charge in [0.05, 0.1) is 18.5 Å². The van der Waals surface area contributed by atoms with E-state index in [2.05, 4.69) is 4.98 Å². The fraction of sp³-hybridized carbons (Fsp3) is 0.429. The van der Waals surface area contributed by atoms with Gasteiger partial charge in [-0.2, -0.15) is 0 Å². The lowest BCUT2D eigenvalue weighted by Crippen LogP contribution is -2.08. The molecule has 0 atom stereocenters. The zero-order chi connectivity index (χ0) is 9.14. The first-order valence-corrected chi connectivity index (χ1v) is 3.39. The molecule has 66 valence electrons. The number of nitrogens with zero attached hydrogens (tertiary/aromatic N) is 2. The Labute approximate surface area is 69.6 Å². The third-order valence-corrected chi connectivity index (χ3v) is 1.57.